The van der Waals surface area contributed by atoms with Crippen LogP contribution in [-0.2, 0) is 6.42 Å². The van der Waals surface area contributed by atoms with E-state index in [1.165, 1.54) is 17.5 Å². The third-order valence-electron chi connectivity index (χ3n) is 1.66. The van der Waals surface area contributed by atoms with E-state index in [1.807, 2.05) is 6.92 Å². The van der Waals surface area contributed by atoms with Gasteiger partial charge in [-0.05, 0) is 6.42 Å². The van der Waals surface area contributed by atoms with E-state index < -0.39 is 0 Å². The summed E-state index contributed by atoms with van der Waals surface area (Å²) in [5.41, 5.74) is 6.15. The van der Waals surface area contributed by atoms with E-state index >= 15 is 0 Å². The Bertz CT molecular complexity index is 422. The van der Waals surface area contributed by atoms with Gasteiger partial charge in [0.15, 0.2) is 5.01 Å². The van der Waals surface area contributed by atoms with Crippen LogP contribution < -0.4 is 5.73 Å². The zero-order valence-electron chi connectivity index (χ0n) is 7.64. The van der Waals surface area contributed by atoms with Gasteiger partial charge in [-0.3, -0.25) is 0 Å². The summed E-state index contributed by atoms with van der Waals surface area (Å²) in [6.07, 6.45) is 4.01. The highest BCUT2D eigenvalue weighted by Gasteiger charge is 2.06. The minimum absolute atomic E-state index is 0.411. The second-order valence-electron chi connectivity index (χ2n) is 2.68. The van der Waals surface area contributed by atoms with Crippen LogP contribution in [0.15, 0.2) is 12.4 Å². The van der Waals surface area contributed by atoms with Gasteiger partial charge in [-0.1, -0.05) is 18.3 Å². The fourth-order valence-corrected chi connectivity index (χ4v) is 1.69. The normalized spacial score (nSPS) is 10.4. The quantitative estimate of drug-likeness (QED) is 0.799. The Morgan fingerprint density at radius 2 is 2.14 bits per heavy atom. The molecule has 2 aromatic rings. The summed E-state index contributed by atoms with van der Waals surface area (Å²) in [6.45, 7) is 2.04. The minimum Gasteiger partial charge on any atom is -0.382 e. The Kier molecular flexibility index (Phi) is 2.36. The summed E-state index contributed by atoms with van der Waals surface area (Å²) in [5, 5.41) is 9.80. The molecule has 0 amide bonds. The molecule has 0 aliphatic rings. The third kappa shape index (κ3) is 1.69. The van der Waals surface area contributed by atoms with Gasteiger partial charge >= 0.3 is 0 Å². The summed E-state index contributed by atoms with van der Waals surface area (Å²) in [5.74, 6) is 0.411. The molecule has 14 heavy (non-hydrogen) atoms. The maximum atomic E-state index is 5.43. The first-order valence-electron chi connectivity index (χ1n) is 4.20. The zero-order valence-corrected chi connectivity index (χ0v) is 8.45. The first kappa shape index (κ1) is 9.01. The monoisotopic (exact) mass is 207 g/mol. The zero-order chi connectivity index (χ0) is 9.97. The first-order chi connectivity index (χ1) is 6.79. The van der Waals surface area contributed by atoms with E-state index in [0.717, 1.165) is 22.1 Å². The molecular weight excluding hydrogens is 198 g/mol. The van der Waals surface area contributed by atoms with Crippen molar-refractivity contribution in [3.05, 3.63) is 17.4 Å². The minimum atomic E-state index is 0.411. The van der Waals surface area contributed by atoms with E-state index in [2.05, 4.69) is 20.2 Å². The molecule has 2 heterocycles. The van der Waals surface area contributed by atoms with Gasteiger partial charge in [0.25, 0.3) is 0 Å². The average Bonchev–Trinajstić information content (AvgIpc) is 2.67. The van der Waals surface area contributed by atoms with Crippen LogP contribution in [0.4, 0.5) is 5.82 Å². The van der Waals surface area contributed by atoms with Crippen LogP contribution in [0.2, 0.25) is 0 Å². The van der Waals surface area contributed by atoms with Gasteiger partial charge in [0.05, 0.1) is 12.4 Å². The molecule has 0 spiro atoms. The Labute approximate surface area is 85.0 Å². The van der Waals surface area contributed by atoms with Crippen molar-refractivity contribution in [3.63, 3.8) is 0 Å². The molecule has 72 valence electrons. The standard InChI is InChI=1S/C8H9N5S/c1-2-7-12-13-8(14-7)5-3-11-6(9)4-10-5/h3-4H,2H2,1H3,(H2,9,11). The summed E-state index contributed by atoms with van der Waals surface area (Å²) >= 11 is 1.53. The molecule has 0 saturated carbocycles. The fourth-order valence-electron chi connectivity index (χ4n) is 0.948. The Morgan fingerprint density at radius 3 is 2.71 bits per heavy atom. The number of nitrogen functional groups attached to an aromatic ring is 1. The van der Waals surface area contributed by atoms with Gasteiger partial charge in [0.1, 0.15) is 16.5 Å². The van der Waals surface area contributed by atoms with E-state index in [1.54, 1.807) is 6.20 Å². The number of hydrogen-bond acceptors (Lipinski definition) is 6. The molecule has 5 nitrogen and oxygen atoms in total. The van der Waals surface area contributed by atoms with Crippen molar-refractivity contribution in [2.24, 2.45) is 0 Å². The van der Waals surface area contributed by atoms with Crippen molar-refractivity contribution in [1.29, 1.82) is 0 Å². The molecule has 0 atom stereocenters. The number of anilines is 1. The molecule has 6 heteroatoms. The highest BCUT2D eigenvalue weighted by molar-refractivity contribution is 7.14. The van der Waals surface area contributed by atoms with Crippen molar-refractivity contribution in [2.45, 2.75) is 13.3 Å². The summed E-state index contributed by atoms with van der Waals surface area (Å²) in [4.78, 5) is 8.06. The van der Waals surface area contributed by atoms with Crippen LogP contribution in [0, 0.1) is 0 Å². The predicted molar refractivity (Wildman–Crippen MR) is 54.7 cm³/mol. The Hall–Kier alpha value is -1.56. The third-order valence-corrected chi connectivity index (χ3v) is 2.75. The van der Waals surface area contributed by atoms with Crippen molar-refractivity contribution in [2.75, 3.05) is 5.73 Å². The Balaban J connectivity index is 2.34. The van der Waals surface area contributed by atoms with Crippen LogP contribution in [-0.4, -0.2) is 20.2 Å². The number of hydrogen-bond donors (Lipinski definition) is 1. The maximum absolute atomic E-state index is 5.43. The molecule has 2 aromatic heterocycles. The highest BCUT2D eigenvalue weighted by atomic mass is 32.1. The molecule has 0 fully saturated rings. The average molecular weight is 207 g/mol. The molecular formula is C8H9N5S. The van der Waals surface area contributed by atoms with Gasteiger partial charge in [-0.25, -0.2) is 9.97 Å². The molecule has 0 bridgehead atoms. The fraction of sp³-hybridized carbons (Fsp3) is 0.250. The van der Waals surface area contributed by atoms with Crippen LogP contribution in [0.5, 0.6) is 0 Å². The number of rotatable bonds is 2. The topological polar surface area (TPSA) is 77.6 Å². The van der Waals surface area contributed by atoms with Crippen LogP contribution in [0.1, 0.15) is 11.9 Å². The van der Waals surface area contributed by atoms with Gasteiger partial charge in [0, 0.05) is 0 Å². The number of nitrogens with two attached hydrogens (primary N) is 1. The molecule has 0 saturated heterocycles. The van der Waals surface area contributed by atoms with Crippen LogP contribution >= 0.6 is 11.3 Å². The van der Waals surface area contributed by atoms with E-state index in [9.17, 15) is 0 Å². The summed E-state index contributed by atoms with van der Waals surface area (Å²) in [6, 6.07) is 0. The van der Waals surface area contributed by atoms with Crippen molar-refractivity contribution < 1.29 is 0 Å². The molecule has 0 aliphatic carbocycles. The maximum Gasteiger partial charge on any atom is 0.167 e. The molecule has 0 aliphatic heterocycles. The van der Waals surface area contributed by atoms with Gasteiger partial charge < -0.3 is 5.73 Å². The molecule has 0 radical (unpaired) electrons. The van der Waals surface area contributed by atoms with E-state index in [4.69, 9.17) is 5.73 Å². The second-order valence-corrected chi connectivity index (χ2v) is 3.74. The number of aryl methyl sites for hydroxylation is 1. The molecule has 2 N–H and O–H groups in total. The van der Waals surface area contributed by atoms with Crippen molar-refractivity contribution >= 4 is 17.2 Å². The molecule has 0 unspecified atom stereocenters. The van der Waals surface area contributed by atoms with Crippen molar-refractivity contribution in [1.82, 2.24) is 20.2 Å². The Morgan fingerprint density at radius 1 is 1.29 bits per heavy atom. The van der Waals surface area contributed by atoms with Gasteiger partial charge in [-0.15, -0.1) is 10.2 Å². The molecule has 0 aromatic carbocycles. The lowest BCUT2D eigenvalue weighted by molar-refractivity contribution is 0.983. The predicted octanol–water partition coefficient (Wildman–Crippen LogP) is 1.14. The summed E-state index contributed by atoms with van der Waals surface area (Å²) in [7, 11) is 0. The van der Waals surface area contributed by atoms with E-state index in [0.29, 0.717) is 5.82 Å². The lowest BCUT2D eigenvalue weighted by atomic mass is 10.5. The molecule has 2 rings (SSSR count). The highest BCUT2D eigenvalue weighted by Crippen LogP contribution is 2.20. The largest absolute Gasteiger partial charge is 0.382 e. The van der Waals surface area contributed by atoms with Crippen LogP contribution in [0.3, 0.4) is 0 Å². The number of nitrogens with zero attached hydrogens (tertiary/aromatic N) is 4. The first-order valence-corrected chi connectivity index (χ1v) is 5.01. The van der Waals surface area contributed by atoms with E-state index in [-0.39, 0.29) is 0 Å². The van der Waals surface area contributed by atoms with Gasteiger partial charge in [-0.2, -0.15) is 0 Å². The SMILES string of the molecule is CCc1nnc(-c2cnc(N)cn2)s1. The smallest absolute Gasteiger partial charge is 0.167 e. The second kappa shape index (κ2) is 3.67. The number of aromatic nitrogens is 4. The van der Waals surface area contributed by atoms with Crippen molar-refractivity contribution in [3.8, 4) is 10.7 Å². The van der Waals surface area contributed by atoms with Gasteiger partial charge in [0.2, 0.25) is 0 Å². The lowest BCUT2D eigenvalue weighted by Gasteiger charge is -1.93. The lowest BCUT2D eigenvalue weighted by Crippen LogP contribution is -1.92. The van der Waals surface area contributed by atoms with Crippen LogP contribution in [0.25, 0.3) is 10.7 Å². The summed E-state index contributed by atoms with van der Waals surface area (Å²) < 4.78 is 0.